The van der Waals surface area contributed by atoms with Crippen LogP contribution in [-0.2, 0) is 14.4 Å². The van der Waals surface area contributed by atoms with Crippen LogP contribution < -0.4 is 0 Å². The predicted molar refractivity (Wildman–Crippen MR) is 185 cm³/mol. The summed E-state index contributed by atoms with van der Waals surface area (Å²) in [4.78, 5) is 53.4. The molecule has 4 fully saturated rings. The van der Waals surface area contributed by atoms with E-state index in [1.54, 1.807) is 6.92 Å². The van der Waals surface area contributed by atoms with E-state index in [0.29, 0.717) is 43.7 Å². The van der Waals surface area contributed by atoms with Gasteiger partial charge in [0.15, 0.2) is 0 Å². The maximum Gasteiger partial charge on any atom is 0.245 e. The lowest BCUT2D eigenvalue weighted by atomic mass is 9.75. The Morgan fingerprint density at radius 2 is 1.50 bits per heavy atom. The average Bonchev–Trinajstić information content (AvgIpc) is 3.64. The highest BCUT2D eigenvalue weighted by Crippen LogP contribution is 2.41. The first kappa shape index (κ1) is 35.2. The Kier molecular flexibility index (Phi) is 10.5. The lowest BCUT2D eigenvalue weighted by molar-refractivity contribution is -0.147. The smallest absolute Gasteiger partial charge is 0.245 e. The van der Waals surface area contributed by atoms with Crippen LogP contribution in [0.4, 0.5) is 0 Å². The number of hydrogen-bond acceptors (Lipinski definition) is 5. The Hall–Kier alpha value is -2.16. The van der Waals surface area contributed by atoms with Gasteiger partial charge in [-0.05, 0) is 89.8 Å². The van der Waals surface area contributed by atoms with E-state index in [1.165, 1.54) is 0 Å². The quantitative estimate of drug-likeness (QED) is 0.405. The first-order valence-electron chi connectivity index (χ1n) is 17.7. The van der Waals surface area contributed by atoms with Crippen molar-refractivity contribution < 1.29 is 14.4 Å². The molecule has 0 unspecified atom stereocenters. The maximum atomic E-state index is 14.9. The number of halogens is 1. The highest BCUT2D eigenvalue weighted by atomic mass is 35.5. The summed E-state index contributed by atoms with van der Waals surface area (Å²) in [6.45, 7) is 22.1. The van der Waals surface area contributed by atoms with Crippen LogP contribution in [0, 0.1) is 11.3 Å². The van der Waals surface area contributed by atoms with Gasteiger partial charge in [0.25, 0.3) is 0 Å². The molecule has 8 nitrogen and oxygen atoms in total. The maximum absolute atomic E-state index is 14.9. The van der Waals surface area contributed by atoms with Crippen LogP contribution >= 0.6 is 11.6 Å². The lowest BCUT2D eigenvalue weighted by Crippen LogP contribution is -2.56. The number of rotatable bonds is 6. The van der Waals surface area contributed by atoms with Crippen molar-refractivity contribution in [1.29, 1.82) is 0 Å². The van der Waals surface area contributed by atoms with Crippen molar-refractivity contribution in [2.45, 2.75) is 123 Å². The number of amides is 3. The second-order valence-corrected chi connectivity index (χ2v) is 16.9. The van der Waals surface area contributed by atoms with E-state index >= 15 is 0 Å². The Labute approximate surface area is 282 Å². The molecule has 0 bridgehead atoms. The highest BCUT2D eigenvalue weighted by molar-refractivity contribution is 6.30. The SMILES string of the molecule is CC(=O)N(C1CCC(C)(C)CC1)[C@H]1C[C@@H](C(=O)N2CCN(C(C)C)CC2)N(C(=O)[C@@H]2CN(C(C)(C)C)C[C@H]2c2ccc(Cl)cc2)C1. The van der Waals surface area contributed by atoms with E-state index in [4.69, 9.17) is 11.6 Å². The molecule has 46 heavy (non-hydrogen) atoms. The van der Waals surface area contributed by atoms with Gasteiger partial charge < -0.3 is 14.7 Å². The van der Waals surface area contributed by atoms with Gasteiger partial charge in [0, 0.05) is 81.3 Å². The molecule has 0 spiro atoms. The largest absolute Gasteiger partial charge is 0.338 e. The van der Waals surface area contributed by atoms with Gasteiger partial charge in [-0.2, -0.15) is 0 Å². The Balaban J connectivity index is 1.44. The van der Waals surface area contributed by atoms with Crippen molar-refractivity contribution in [1.82, 2.24) is 24.5 Å². The van der Waals surface area contributed by atoms with Crippen LogP contribution in [0.5, 0.6) is 0 Å². The summed E-state index contributed by atoms with van der Waals surface area (Å²) in [5, 5.41) is 0.679. The van der Waals surface area contributed by atoms with Crippen LogP contribution in [-0.4, -0.2) is 118 Å². The zero-order valence-corrected chi connectivity index (χ0v) is 30.4. The van der Waals surface area contributed by atoms with Crippen molar-refractivity contribution in [3.05, 3.63) is 34.9 Å². The summed E-state index contributed by atoms with van der Waals surface area (Å²) in [6, 6.07) is 7.78. The van der Waals surface area contributed by atoms with Crippen molar-refractivity contribution in [2.24, 2.45) is 11.3 Å². The molecule has 1 saturated carbocycles. The molecule has 1 aliphatic carbocycles. The molecule has 1 aromatic carbocycles. The number of benzene rings is 1. The second kappa shape index (κ2) is 13.8. The molecule has 9 heteroatoms. The first-order chi connectivity index (χ1) is 21.6. The minimum Gasteiger partial charge on any atom is -0.338 e. The van der Waals surface area contributed by atoms with Crippen LogP contribution in [0.1, 0.15) is 99.0 Å². The minimum absolute atomic E-state index is 0.00198. The minimum atomic E-state index is -0.556. The fourth-order valence-corrected chi connectivity index (χ4v) is 8.63. The standard InChI is InChI=1S/C37H58ClN5O3/c1-25(2)39-17-19-40(20-18-39)35(46)33-21-30(43(26(3)44)29-13-15-37(7,8)16-14-29)22-42(33)34(45)32-24-41(36(4,5)6)23-31(32)27-9-11-28(38)12-10-27/h9-12,25,29-33H,13-24H2,1-8H3/t30-,31-,32+,33-/m0/s1. The van der Waals surface area contributed by atoms with E-state index in [2.05, 4.69) is 63.2 Å². The molecule has 0 aromatic heterocycles. The first-order valence-corrected chi connectivity index (χ1v) is 18.1. The van der Waals surface area contributed by atoms with Gasteiger partial charge in [-0.15, -0.1) is 0 Å². The normalized spacial score (nSPS) is 28.2. The van der Waals surface area contributed by atoms with Gasteiger partial charge in [0.2, 0.25) is 17.7 Å². The Morgan fingerprint density at radius 3 is 2.04 bits per heavy atom. The molecule has 256 valence electrons. The van der Waals surface area contributed by atoms with Crippen molar-refractivity contribution in [3.63, 3.8) is 0 Å². The molecule has 3 aliphatic heterocycles. The highest BCUT2D eigenvalue weighted by Gasteiger charge is 2.51. The Bertz CT molecular complexity index is 1240. The monoisotopic (exact) mass is 655 g/mol. The van der Waals surface area contributed by atoms with Crippen LogP contribution in [0.2, 0.25) is 5.02 Å². The number of carbonyl (C=O) groups excluding carboxylic acids is 3. The van der Waals surface area contributed by atoms with Crippen molar-refractivity contribution in [3.8, 4) is 0 Å². The van der Waals surface area contributed by atoms with Crippen LogP contribution in [0.15, 0.2) is 24.3 Å². The Morgan fingerprint density at radius 1 is 0.891 bits per heavy atom. The third kappa shape index (κ3) is 7.60. The van der Waals surface area contributed by atoms with Gasteiger partial charge in [-0.1, -0.05) is 37.6 Å². The number of piperazine rings is 1. The number of nitrogens with zero attached hydrogens (tertiary/aromatic N) is 5. The molecule has 3 heterocycles. The zero-order valence-electron chi connectivity index (χ0n) is 29.6. The molecular formula is C37H58ClN5O3. The summed E-state index contributed by atoms with van der Waals surface area (Å²) >= 11 is 6.26. The molecule has 0 radical (unpaired) electrons. The zero-order chi connectivity index (χ0) is 33.6. The van der Waals surface area contributed by atoms with E-state index in [1.807, 2.05) is 34.1 Å². The third-order valence-electron chi connectivity index (χ3n) is 11.5. The molecule has 0 N–H and O–H groups in total. The van der Waals surface area contributed by atoms with Gasteiger partial charge in [-0.25, -0.2) is 0 Å². The van der Waals surface area contributed by atoms with Crippen molar-refractivity contribution >= 4 is 29.3 Å². The van der Waals surface area contributed by atoms with E-state index in [9.17, 15) is 14.4 Å². The van der Waals surface area contributed by atoms with Gasteiger partial charge in [0.1, 0.15) is 6.04 Å². The lowest BCUT2D eigenvalue weighted by Gasteiger charge is -2.42. The molecule has 4 atom stereocenters. The second-order valence-electron chi connectivity index (χ2n) is 16.5. The topological polar surface area (TPSA) is 67.4 Å². The number of hydrogen-bond donors (Lipinski definition) is 0. The third-order valence-corrected chi connectivity index (χ3v) is 11.8. The van der Waals surface area contributed by atoms with Gasteiger partial charge in [-0.3, -0.25) is 24.2 Å². The molecule has 3 amide bonds. The van der Waals surface area contributed by atoms with E-state index < -0.39 is 6.04 Å². The van der Waals surface area contributed by atoms with E-state index in [-0.39, 0.29) is 52.6 Å². The summed E-state index contributed by atoms with van der Waals surface area (Å²) in [5.41, 5.74) is 1.29. The fourth-order valence-electron chi connectivity index (χ4n) is 8.50. The van der Waals surface area contributed by atoms with Gasteiger partial charge >= 0.3 is 0 Å². The number of likely N-dealkylation sites (tertiary alicyclic amines) is 2. The summed E-state index contributed by atoms with van der Waals surface area (Å²) in [6.07, 6.45) is 4.60. The number of carbonyl (C=O) groups is 3. The molecule has 1 aromatic rings. The van der Waals surface area contributed by atoms with E-state index in [0.717, 1.165) is 50.9 Å². The summed E-state index contributed by atoms with van der Waals surface area (Å²) in [7, 11) is 0. The average molecular weight is 656 g/mol. The summed E-state index contributed by atoms with van der Waals surface area (Å²) < 4.78 is 0. The van der Waals surface area contributed by atoms with Crippen LogP contribution in [0.3, 0.4) is 0 Å². The summed E-state index contributed by atoms with van der Waals surface area (Å²) in [5.74, 6) is -0.145. The molecule has 3 saturated heterocycles. The molecule has 4 aliphatic rings. The predicted octanol–water partition coefficient (Wildman–Crippen LogP) is 5.49. The van der Waals surface area contributed by atoms with Crippen molar-refractivity contribution in [2.75, 3.05) is 45.8 Å². The molecule has 5 rings (SSSR count). The van der Waals surface area contributed by atoms with Crippen LogP contribution in [0.25, 0.3) is 0 Å². The molecular weight excluding hydrogens is 598 g/mol. The fraction of sp³-hybridized carbons (Fsp3) is 0.757. The van der Waals surface area contributed by atoms with Gasteiger partial charge in [0.05, 0.1) is 12.0 Å².